The molecule has 0 fully saturated rings. The molecular formula is C8H17NO. The molecule has 0 aromatic heterocycles. The maximum Gasteiger partial charge on any atom is 0.0662 e. The minimum absolute atomic E-state index is 0.209. The van der Waals surface area contributed by atoms with Crippen molar-refractivity contribution >= 4 is 0 Å². The van der Waals surface area contributed by atoms with Crippen LogP contribution in [0, 0.1) is 0 Å². The van der Waals surface area contributed by atoms with Gasteiger partial charge in [-0.15, -0.1) is 0 Å². The average molecular weight is 143 g/mol. The molecule has 0 aromatic carbocycles. The molecule has 1 atom stereocenters. The predicted octanol–water partition coefficient (Wildman–Crippen LogP) is 0.923. The normalized spacial score (nSPS) is 13.1. The fourth-order valence-corrected chi connectivity index (χ4v) is 0.597. The lowest BCUT2D eigenvalue weighted by atomic mass is 10.2. The van der Waals surface area contributed by atoms with Gasteiger partial charge < -0.3 is 10.4 Å². The van der Waals surface area contributed by atoms with E-state index in [4.69, 9.17) is 5.11 Å². The van der Waals surface area contributed by atoms with Crippen LogP contribution in [0.15, 0.2) is 12.2 Å². The Balaban J connectivity index is 3.11. The third kappa shape index (κ3) is 5.79. The Hall–Kier alpha value is -0.340. The maximum absolute atomic E-state index is 9.08. The van der Waals surface area contributed by atoms with Gasteiger partial charge in [-0.05, 0) is 13.3 Å². The number of hydrogen-bond acceptors (Lipinski definition) is 2. The number of rotatable bonds is 5. The van der Waals surface area contributed by atoms with E-state index in [9.17, 15) is 0 Å². The van der Waals surface area contributed by atoms with Crippen molar-refractivity contribution < 1.29 is 5.11 Å². The van der Waals surface area contributed by atoms with Gasteiger partial charge in [-0.2, -0.15) is 0 Å². The van der Waals surface area contributed by atoms with Crippen LogP contribution in [0.5, 0.6) is 0 Å². The fraction of sp³-hybridized carbons (Fsp3) is 0.750. The van der Waals surface area contributed by atoms with E-state index < -0.39 is 0 Å². The van der Waals surface area contributed by atoms with Gasteiger partial charge in [0, 0.05) is 13.1 Å². The van der Waals surface area contributed by atoms with E-state index in [1.165, 1.54) is 0 Å². The van der Waals surface area contributed by atoms with E-state index >= 15 is 0 Å². The first-order valence-electron chi connectivity index (χ1n) is 3.70. The van der Waals surface area contributed by atoms with Gasteiger partial charge in [0.1, 0.15) is 0 Å². The molecule has 10 heavy (non-hydrogen) atoms. The molecule has 0 aliphatic heterocycles. The van der Waals surface area contributed by atoms with Crippen molar-refractivity contribution in [1.29, 1.82) is 0 Å². The van der Waals surface area contributed by atoms with Crippen molar-refractivity contribution in [3.63, 3.8) is 0 Å². The van der Waals surface area contributed by atoms with Crippen LogP contribution in [0.3, 0.4) is 0 Å². The summed E-state index contributed by atoms with van der Waals surface area (Å²) < 4.78 is 0. The van der Waals surface area contributed by atoms with Crippen LogP contribution in [-0.2, 0) is 0 Å². The average Bonchev–Trinajstić information content (AvgIpc) is 1.87. The molecule has 0 aliphatic rings. The Labute approximate surface area is 62.9 Å². The second-order valence-corrected chi connectivity index (χ2v) is 2.65. The highest BCUT2D eigenvalue weighted by molar-refractivity contribution is 4.90. The first-order chi connectivity index (χ1) is 4.66. The lowest BCUT2D eigenvalue weighted by Gasteiger charge is -2.08. The molecule has 0 radical (unpaired) electrons. The lowest BCUT2D eigenvalue weighted by Crippen LogP contribution is -2.27. The molecule has 60 valence electrons. The molecule has 2 heteroatoms. The highest BCUT2D eigenvalue weighted by Crippen LogP contribution is 1.87. The number of nitrogens with one attached hydrogen (secondary N) is 1. The van der Waals surface area contributed by atoms with E-state index in [1.54, 1.807) is 0 Å². The van der Waals surface area contributed by atoms with Crippen molar-refractivity contribution in [2.45, 2.75) is 26.4 Å². The van der Waals surface area contributed by atoms with Crippen LogP contribution >= 0.6 is 0 Å². The van der Waals surface area contributed by atoms with Crippen LogP contribution in [0.1, 0.15) is 20.3 Å². The zero-order valence-electron chi connectivity index (χ0n) is 6.85. The van der Waals surface area contributed by atoms with Crippen LogP contribution in [0.25, 0.3) is 0 Å². The summed E-state index contributed by atoms with van der Waals surface area (Å²) in [5.41, 5.74) is 1.10. The monoisotopic (exact) mass is 143 g/mol. The molecule has 0 aromatic rings. The Morgan fingerprint density at radius 3 is 2.70 bits per heavy atom. The van der Waals surface area contributed by atoms with Gasteiger partial charge in [0.15, 0.2) is 0 Å². The van der Waals surface area contributed by atoms with Crippen molar-refractivity contribution in [1.82, 2.24) is 5.32 Å². The van der Waals surface area contributed by atoms with Crippen molar-refractivity contribution in [3.05, 3.63) is 12.2 Å². The molecule has 0 rings (SSSR count). The van der Waals surface area contributed by atoms with Gasteiger partial charge in [0.05, 0.1) is 6.10 Å². The Bertz CT molecular complexity index is 101. The smallest absolute Gasteiger partial charge is 0.0662 e. The summed E-state index contributed by atoms with van der Waals surface area (Å²) in [5, 5.41) is 12.2. The Kier molecular flexibility index (Phi) is 5.26. The molecule has 2 N–H and O–H groups in total. The SMILES string of the molecule is C=C(C)CNC[C@H](O)CC. The van der Waals surface area contributed by atoms with Gasteiger partial charge in [-0.25, -0.2) is 0 Å². The maximum atomic E-state index is 9.08. The summed E-state index contributed by atoms with van der Waals surface area (Å²) in [6.07, 6.45) is 0.600. The second kappa shape index (κ2) is 5.45. The van der Waals surface area contributed by atoms with Crippen LogP contribution in [0.4, 0.5) is 0 Å². The van der Waals surface area contributed by atoms with Crippen LogP contribution < -0.4 is 5.32 Å². The quantitative estimate of drug-likeness (QED) is 0.561. The largest absolute Gasteiger partial charge is 0.392 e. The van der Waals surface area contributed by atoms with Crippen LogP contribution in [-0.4, -0.2) is 24.3 Å². The van der Waals surface area contributed by atoms with E-state index in [2.05, 4.69) is 11.9 Å². The fourth-order valence-electron chi connectivity index (χ4n) is 0.597. The predicted molar refractivity (Wildman–Crippen MR) is 44.0 cm³/mol. The number of aliphatic hydroxyl groups is 1. The summed E-state index contributed by atoms with van der Waals surface area (Å²) in [7, 11) is 0. The summed E-state index contributed by atoms with van der Waals surface area (Å²) in [5.74, 6) is 0. The molecule has 0 unspecified atom stereocenters. The lowest BCUT2D eigenvalue weighted by molar-refractivity contribution is 0.168. The summed E-state index contributed by atoms with van der Waals surface area (Å²) in [6, 6.07) is 0. The highest BCUT2D eigenvalue weighted by Gasteiger charge is 1.97. The van der Waals surface area contributed by atoms with Crippen molar-refractivity contribution in [3.8, 4) is 0 Å². The van der Waals surface area contributed by atoms with Crippen LogP contribution in [0.2, 0.25) is 0 Å². The van der Waals surface area contributed by atoms with Gasteiger partial charge in [-0.3, -0.25) is 0 Å². The van der Waals surface area contributed by atoms with E-state index in [0.717, 1.165) is 18.5 Å². The summed E-state index contributed by atoms with van der Waals surface area (Å²) in [6.45, 7) is 9.14. The molecule has 0 bridgehead atoms. The Morgan fingerprint density at radius 2 is 2.30 bits per heavy atom. The minimum Gasteiger partial charge on any atom is -0.392 e. The molecule has 0 heterocycles. The van der Waals surface area contributed by atoms with E-state index in [0.29, 0.717) is 6.54 Å². The minimum atomic E-state index is -0.209. The van der Waals surface area contributed by atoms with Crippen molar-refractivity contribution in [2.24, 2.45) is 0 Å². The third-order valence-corrected chi connectivity index (χ3v) is 1.28. The molecular weight excluding hydrogens is 126 g/mol. The zero-order chi connectivity index (χ0) is 7.98. The molecule has 0 amide bonds. The third-order valence-electron chi connectivity index (χ3n) is 1.28. The van der Waals surface area contributed by atoms with E-state index in [1.807, 2.05) is 13.8 Å². The topological polar surface area (TPSA) is 32.3 Å². The highest BCUT2D eigenvalue weighted by atomic mass is 16.3. The molecule has 2 nitrogen and oxygen atoms in total. The first kappa shape index (κ1) is 9.66. The number of hydrogen-bond donors (Lipinski definition) is 2. The standard InChI is InChI=1S/C8H17NO/c1-4-8(10)6-9-5-7(2)3/h8-10H,2,4-6H2,1,3H3/t8-/m1/s1. The van der Waals surface area contributed by atoms with E-state index in [-0.39, 0.29) is 6.10 Å². The Morgan fingerprint density at radius 1 is 1.70 bits per heavy atom. The van der Waals surface area contributed by atoms with Crippen molar-refractivity contribution in [2.75, 3.05) is 13.1 Å². The van der Waals surface area contributed by atoms with Gasteiger partial charge in [0.25, 0.3) is 0 Å². The molecule has 0 spiro atoms. The van der Waals surface area contributed by atoms with Gasteiger partial charge >= 0.3 is 0 Å². The summed E-state index contributed by atoms with van der Waals surface area (Å²) in [4.78, 5) is 0. The zero-order valence-corrected chi connectivity index (χ0v) is 6.85. The first-order valence-corrected chi connectivity index (χ1v) is 3.70. The molecule has 0 saturated heterocycles. The summed E-state index contributed by atoms with van der Waals surface area (Å²) >= 11 is 0. The molecule has 0 aliphatic carbocycles. The van der Waals surface area contributed by atoms with Gasteiger partial charge in [-0.1, -0.05) is 19.1 Å². The number of aliphatic hydroxyl groups excluding tert-OH is 1. The second-order valence-electron chi connectivity index (χ2n) is 2.65. The van der Waals surface area contributed by atoms with Gasteiger partial charge in [0.2, 0.25) is 0 Å². The molecule has 0 saturated carbocycles.